The van der Waals surface area contributed by atoms with Gasteiger partial charge >= 0.3 is 0 Å². The molecule has 194 valence electrons. The van der Waals surface area contributed by atoms with Crippen LogP contribution in [-0.4, -0.2) is 54.5 Å². The van der Waals surface area contributed by atoms with Crippen LogP contribution in [-0.2, 0) is 0 Å². The Labute approximate surface area is 211 Å². The first-order valence-electron chi connectivity index (χ1n) is 11.5. The summed E-state index contributed by atoms with van der Waals surface area (Å²) in [5, 5.41) is 22.0. The van der Waals surface area contributed by atoms with Crippen LogP contribution in [0.2, 0.25) is 0 Å². The van der Waals surface area contributed by atoms with Gasteiger partial charge in [0.1, 0.15) is 48.1 Å². The highest BCUT2D eigenvalue weighted by molar-refractivity contribution is 6.11. The van der Waals surface area contributed by atoms with Gasteiger partial charge in [0.15, 0.2) is 5.78 Å². The van der Waals surface area contributed by atoms with Gasteiger partial charge in [-0.25, -0.2) is 8.78 Å². The molecule has 0 saturated carbocycles. The third-order valence-electron chi connectivity index (χ3n) is 5.59. The molecule has 4 aromatic rings. The van der Waals surface area contributed by atoms with Crippen LogP contribution in [0.15, 0.2) is 60.8 Å². The molecule has 3 aromatic carbocycles. The molecule has 1 heterocycles. The summed E-state index contributed by atoms with van der Waals surface area (Å²) in [6.07, 6.45) is 1.49. The Morgan fingerprint density at radius 1 is 0.946 bits per heavy atom. The number of fused-ring (bicyclic) bond motifs is 1. The number of methoxy groups -OCH3 is 1. The lowest BCUT2D eigenvalue weighted by Crippen LogP contribution is -2.22. The lowest BCUT2D eigenvalue weighted by atomic mass is 9.95. The quantitative estimate of drug-likeness (QED) is 0.210. The van der Waals surface area contributed by atoms with Gasteiger partial charge in [-0.2, -0.15) is 0 Å². The average Bonchev–Trinajstić information content (AvgIpc) is 3.32. The lowest BCUT2D eigenvalue weighted by Gasteiger charge is -2.23. The third-order valence-corrected chi connectivity index (χ3v) is 5.59. The number of aliphatic hydroxyl groups is 2. The van der Waals surface area contributed by atoms with Crippen LogP contribution in [0.1, 0.15) is 22.0 Å². The molecule has 0 bridgehead atoms. The minimum atomic E-state index is -1.09. The molecule has 1 atom stereocenters. The molecule has 10 heteroatoms. The molecule has 0 aliphatic rings. The number of H-pyrrole nitrogens is 1. The smallest absolute Gasteiger partial charge is 0.191 e. The van der Waals surface area contributed by atoms with Crippen LogP contribution >= 0.6 is 0 Å². The molecular weight excluding hydrogens is 486 g/mol. The number of anilines is 1. The molecule has 0 saturated heterocycles. The summed E-state index contributed by atoms with van der Waals surface area (Å²) in [5.41, 5.74) is 1.48. The number of Topliss-reactive ketones (excluding diaryl/α,β-unsaturated/α-hetero) is 1. The monoisotopic (exact) mass is 512 g/mol. The highest BCUT2D eigenvalue weighted by atomic mass is 19.1. The van der Waals surface area contributed by atoms with Crippen LogP contribution in [0.3, 0.4) is 0 Å². The number of benzene rings is 3. The first kappa shape index (κ1) is 25.9. The van der Waals surface area contributed by atoms with Gasteiger partial charge < -0.3 is 34.7 Å². The molecule has 0 aliphatic heterocycles. The van der Waals surface area contributed by atoms with Crippen LogP contribution in [0.5, 0.6) is 17.2 Å². The largest absolute Gasteiger partial charge is 0.497 e. The van der Waals surface area contributed by atoms with Crippen molar-refractivity contribution in [1.29, 1.82) is 0 Å². The first-order chi connectivity index (χ1) is 17.9. The summed E-state index contributed by atoms with van der Waals surface area (Å²) < 4.78 is 44.3. The Morgan fingerprint density at radius 3 is 2.41 bits per heavy atom. The molecule has 1 aromatic heterocycles. The van der Waals surface area contributed by atoms with E-state index >= 15 is 0 Å². The Bertz CT molecular complexity index is 1390. The van der Waals surface area contributed by atoms with E-state index in [0.29, 0.717) is 33.7 Å². The van der Waals surface area contributed by atoms with Gasteiger partial charge in [-0.05, 0) is 30.3 Å². The lowest BCUT2D eigenvalue weighted by molar-refractivity contribution is 0.0969. The van der Waals surface area contributed by atoms with E-state index in [9.17, 15) is 18.7 Å². The van der Waals surface area contributed by atoms with Crippen molar-refractivity contribution >= 4 is 22.4 Å². The van der Waals surface area contributed by atoms with E-state index in [4.69, 9.17) is 19.3 Å². The predicted octanol–water partition coefficient (Wildman–Crippen LogP) is 4.23. The second kappa shape index (κ2) is 11.7. The van der Waals surface area contributed by atoms with E-state index in [1.807, 2.05) is 0 Å². The number of carbonyl (C=O) groups is 1. The number of ketones is 1. The number of aliphatic hydroxyl groups excluding tert-OH is 2. The minimum Gasteiger partial charge on any atom is -0.497 e. The number of ether oxygens (including phenoxy) is 3. The van der Waals surface area contributed by atoms with Gasteiger partial charge in [0, 0.05) is 58.2 Å². The molecule has 8 nitrogen and oxygen atoms in total. The predicted molar refractivity (Wildman–Crippen MR) is 134 cm³/mol. The van der Waals surface area contributed by atoms with Crippen molar-refractivity contribution < 1.29 is 38.0 Å². The summed E-state index contributed by atoms with van der Waals surface area (Å²) in [6, 6.07) is 11.6. The van der Waals surface area contributed by atoms with Crippen molar-refractivity contribution in [3.8, 4) is 17.2 Å². The van der Waals surface area contributed by atoms with Crippen molar-refractivity contribution in [3.05, 3.63) is 83.6 Å². The summed E-state index contributed by atoms with van der Waals surface area (Å²) in [4.78, 5) is 16.9. The number of nitrogens with one attached hydrogen (secondary N) is 2. The molecule has 0 fully saturated rings. The fourth-order valence-corrected chi connectivity index (χ4v) is 3.96. The normalized spacial score (nSPS) is 11.8. The molecular formula is C27H26F2N2O6. The summed E-state index contributed by atoms with van der Waals surface area (Å²) in [7, 11) is 1.48. The number of hydrogen-bond donors (Lipinski definition) is 4. The van der Waals surface area contributed by atoms with E-state index in [1.165, 1.54) is 43.6 Å². The molecule has 37 heavy (non-hydrogen) atoms. The number of halogens is 2. The van der Waals surface area contributed by atoms with Crippen LogP contribution < -0.4 is 19.5 Å². The van der Waals surface area contributed by atoms with Crippen molar-refractivity contribution in [1.82, 2.24) is 4.98 Å². The summed E-state index contributed by atoms with van der Waals surface area (Å²) >= 11 is 0. The third kappa shape index (κ3) is 5.99. The van der Waals surface area contributed by atoms with Gasteiger partial charge in [-0.15, -0.1) is 0 Å². The number of rotatable bonds is 12. The molecule has 0 aliphatic carbocycles. The number of aromatic nitrogens is 1. The van der Waals surface area contributed by atoms with E-state index in [0.717, 1.165) is 6.07 Å². The SMILES string of the molecule is COc1cc(NC(C(=O)c2c[nH]c3cc(F)ccc23)c2ccc(F)cc2OCCO)cc(OCCO)c1. The maximum atomic E-state index is 14.1. The summed E-state index contributed by atoms with van der Waals surface area (Å²) in [6.45, 7) is -0.555. The van der Waals surface area contributed by atoms with E-state index in [1.54, 1.807) is 18.2 Å². The Kier molecular flexibility index (Phi) is 8.22. The minimum absolute atomic E-state index is 0.0535. The highest BCUT2D eigenvalue weighted by Crippen LogP contribution is 2.35. The number of hydrogen-bond acceptors (Lipinski definition) is 7. The van der Waals surface area contributed by atoms with Gasteiger partial charge in [0.2, 0.25) is 0 Å². The molecule has 4 N–H and O–H groups in total. The molecule has 0 spiro atoms. The van der Waals surface area contributed by atoms with Crippen molar-refractivity contribution in [2.75, 3.05) is 38.9 Å². The highest BCUT2D eigenvalue weighted by Gasteiger charge is 2.28. The second-order valence-corrected chi connectivity index (χ2v) is 8.06. The zero-order valence-corrected chi connectivity index (χ0v) is 20.0. The Balaban J connectivity index is 1.81. The van der Waals surface area contributed by atoms with E-state index in [-0.39, 0.29) is 37.7 Å². The van der Waals surface area contributed by atoms with Gasteiger partial charge in [-0.3, -0.25) is 4.79 Å². The zero-order chi connectivity index (χ0) is 26.4. The van der Waals surface area contributed by atoms with Crippen LogP contribution in [0.4, 0.5) is 14.5 Å². The number of carbonyl (C=O) groups excluding carboxylic acids is 1. The number of aromatic amines is 1. The summed E-state index contributed by atoms with van der Waals surface area (Å²) in [5.74, 6) is -0.535. The zero-order valence-electron chi connectivity index (χ0n) is 20.0. The van der Waals surface area contributed by atoms with Crippen LogP contribution in [0, 0.1) is 11.6 Å². The fraction of sp³-hybridized carbons (Fsp3) is 0.222. The van der Waals surface area contributed by atoms with Gasteiger partial charge in [0.05, 0.1) is 20.3 Å². The van der Waals surface area contributed by atoms with E-state index < -0.39 is 23.5 Å². The molecule has 0 amide bonds. The van der Waals surface area contributed by atoms with Crippen molar-refractivity contribution in [2.24, 2.45) is 0 Å². The maximum absolute atomic E-state index is 14.1. The fourth-order valence-electron chi connectivity index (χ4n) is 3.96. The van der Waals surface area contributed by atoms with Gasteiger partial charge in [-0.1, -0.05) is 0 Å². The van der Waals surface area contributed by atoms with Crippen LogP contribution in [0.25, 0.3) is 10.9 Å². The Hall–Kier alpha value is -4.15. The van der Waals surface area contributed by atoms with E-state index in [2.05, 4.69) is 10.3 Å². The Morgan fingerprint density at radius 2 is 1.65 bits per heavy atom. The standard InChI is InChI=1S/C27H26F2N2O6/c1-35-19-12-18(13-20(14-19)36-8-6-32)31-26(22-5-3-17(29)11-25(22)37-9-7-33)27(34)23-15-30-24-10-16(28)2-4-21(23)24/h2-5,10-15,26,30-33H,6-9H2,1H3. The van der Waals surface area contributed by atoms with Crippen molar-refractivity contribution in [3.63, 3.8) is 0 Å². The first-order valence-corrected chi connectivity index (χ1v) is 11.5. The second-order valence-electron chi connectivity index (χ2n) is 8.06. The molecule has 1 unspecified atom stereocenters. The van der Waals surface area contributed by atoms with Crippen molar-refractivity contribution in [2.45, 2.75) is 6.04 Å². The molecule has 0 radical (unpaired) electrons. The average molecular weight is 513 g/mol. The maximum Gasteiger partial charge on any atom is 0.191 e. The molecule has 4 rings (SSSR count). The van der Waals surface area contributed by atoms with Gasteiger partial charge in [0.25, 0.3) is 0 Å². The topological polar surface area (TPSA) is 113 Å².